The number of aliphatic hydroxyl groups is 1. The predicted molar refractivity (Wildman–Crippen MR) is 77.3 cm³/mol. The van der Waals surface area contributed by atoms with E-state index in [9.17, 15) is 9.90 Å². The average Bonchev–Trinajstić information content (AvgIpc) is 3.05. The summed E-state index contributed by atoms with van der Waals surface area (Å²) in [6.45, 7) is 2.40. The summed E-state index contributed by atoms with van der Waals surface area (Å²) in [5.74, 6) is 0. The Kier molecular flexibility index (Phi) is 4.82. The summed E-state index contributed by atoms with van der Waals surface area (Å²) in [7, 11) is 0. The Morgan fingerprint density at radius 2 is 2.26 bits per heavy atom. The minimum Gasteiger partial charge on any atom is -0.388 e. The maximum Gasteiger partial charge on any atom is 0.315 e. The second-order valence-electron chi connectivity index (χ2n) is 5.23. The Morgan fingerprint density at radius 1 is 1.53 bits per heavy atom. The highest BCUT2D eigenvalue weighted by Crippen LogP contribution is 2.28. The fourth-order valence-electron chi connectivity index (χ4n) is 2.53. The van der Waals surface area contributed by atoms with E-state index in [1.807, 2.05) is 17.5 Å². The lowest BCUT2D eigenvalue weighted by Crippen LogP contribution is -2.45. The van der Waals surface area contributed by atoms with E-state index < -0.39 is 5.60 Å². The fourth-order valence-corrected chi connectivity index (χ4v) is 3.39. The van der Waals surface area contributed by atoms with Crippen molar-refractivity contribution in [1.29, 1.82) is 0 Å². The van der Waals surface area contributed by atoms with Gasteiger partial charge in [0.15, 0.2) is 0 Å². The van der Waals surface area contributed by atoms with Crippen LogP contribution in [0.15, 0.2) is 17.5 Å². The molecule has 0 spiro atoms. The molecule has 1 aliphatic rings. The van der Waals surface area contributed by atoms with Crippen LogP contribution in [0.25, 0.3) is 0 Å². The van der Waals surface area contributed by atoms with Gasteiger partial charge < -0.3 is 15.7 Å². The SMILES string of the molecule is CCC(NC(=O)NCC1(O)CCCC1)c1cccs1. The number of hydrogen-bond donors (Lipinski definition) is 3. The summed E-state index contributed by atoms with van der Waals surface area (Å²) in [5.41, 5.74) is -0.692. The van der Waals surface area contributed by atoms with Crippen molar-refractivity contribution >= 4 is 17.4 Å². The summed E-state index contributed by atoms with van der Waals surface area (Å²) in [5, 5.41) is 17.9. The van der Waals surface area contributed by atoms with Crippen molar-refractivity contribution in [1.82, 2.24) is 10.6 Å². The zero-order valence-corrected chi connectivity index (χ0v) is 12.1. The maximum atomic E-state index is 11.9. The maximum absolute atomic E-state index is 11.9. The van der Waals surface area contributed by atoms with E-state index in [1.54, 1.807) is 11.3 Å². The van der Waals surface area contributed by atoms with E-state index in [1.165, 1.54) is 0 Å². The van der Waals surface area contributed by atoms with Crippen LogP contribution in [-0.2, 0) is 0 Å². The topological polar surface area (TPSA) is 61.4 Å². The lowest BCUT2D eigenvalue weighted by molar-refractivity contribution is 0.0500. The van der Waals surface area contributed by atoms with Crippen LogP contribution in [0.3, 0.4) is 0 Å². The molecular weight excluding hydrogens is 260 g/mol. The van der Waals surface area contributed by atoms with Crippen molar-refractivity contribution in [2.75, 3.05) is 6.54 Å². The second kappa shape index (κ2) is 6.39. The number of hydrogen-bond acceptors (Lipinski definition) is 3. The van der Waals surface area contributed by atoms with Crippen LogP contribution in [-0.4, -0.2) is 23.3 Å². The third kappa shape index (κ3) is 3.94. The third-order valence-corrected chi connectivity index (χ3v) is 4.70. The van der Waals surface area contributed by atoms with Gasteiger partial charge in [0, 0.05) is 11.4 Å². The third-order valence-electron chi connectivity index (χ3n) is 3.71. The number of amides is 2. The Hall–Kier alpha value is -1.07. The van der Waals surface area contributed by atoms with Gasteiger partial charge in [-0.3, -0.25) is 0 Å². The first kappa shape index (κ1) is 14.3. The molecule has 1 fully saturated rings. The molecule has 1 unspecified atom stereocenters. The second-order valence-corrected chi connectivity index (χ2v) is 6.21. The van der Waals surface area contributed by atoms with Crippen molar-refractivity contribution in [3.05, 3.63) is 22.4 Å². The average molecular weight is 282 g/mol. The standard InChI is InChI=1S/C14H22N2O2S/c1-2-11(12-6-5-9-19-12)16-13(17)15-10-14(18)7-3-4-8-14/h5-6,9,11,18H,2-4,7-8,10H2,1H3,(H2,15,16,17). The van der Waals surface area contributed by atoms with E-state index >= 15 is 0 Å². The molecule has 1 atom stereocenters. The van der Waals surface area contributed by atoms with Gasteiger partial charge in [-0.05, 0) is 30.7 Å². The molecule has 19 heavy (non-hydrogen) atoms. The highest BCUT2D eigenvalue weighted by molar-refractivity contribution is 7.10. The molecule has 3 N–H and O–H groups in total. The molecule has 4 nitrogen and oxygen atoms in total. The first-order chi connectivity index (χ1) is 9.13. The van der Waals surface area contributed by atoms with E-state index in [0.29, 0.717) is 6.54 Å². The minimum atomic E-state index is -0.692. The molecule has 1 saturated carbocycles. The van der Waals surface area contributed by atoms with Crippen molar-refractivity contribution in [2.45, 2.75) is 50.7 Å². The van der Waals surface area contributed by atoms with Crippen molar-refractivity contribution < 1.29 is 9.90 Å². The molecule has 0 saturated heterocycles. The number of rotatable bonds is 5. The van der Waals surface area contributed by atoms with Gasteiger partial charge in [-0.15, -0.1) is 11.3 Å². The van der Waals surface area contributed by atoms with E-state index in [2.05, 4.69) is 17.6 Å². The summed E-state index contributed by atoms with van der Waals surface area (Å²) in [6, 6.07) is 3.88. The number of thiophene rings is 1. The van der Waals surface area contributed by atoms with Crippen molar-refractivity contribution in [2.24, 2.45) is 0 Å². The monoisotopic (exact) mass is 282 g/mol. The fraction of sp³-hybridized carbons (Fsp3) is 0.643. The van der Waals surface area contributed by atoms with Crippen LogP contribution >= 0.6 is 11.3 Å². The van der Waals surface area contributed by atoms with Crippen LogP contribution in [0.1, 0.15) is 49.9 Å². The molecule has 1 heterocycles. The van der Waals surface area contributed by atoms with Gasteiger partial charge in [-0.2, -0.15) is 0 Å². The molecule has 2 rings (SSSR count). The number of nitrogens with one attached hydrogen (secondary N) is 2. The molecule has 1 aromatic heterocycles. The van der Waals surface area contributed by atoms with Gasteiger partial charge >= 0.3 is 6.03 Å². The smallest absolute Gasteiger partial charge is 0.315 e. The molecule has 1 aliphatic carbocycles. The Bertz CT molecular complexity index is 400. The Morgan fingerprint density at radius 3 is 2.84 bits per heavy atom. The van der Waals surface area contributed by atoms with Gasteiger partial charge in [-0.1, -0.05) is 25.8 Å². The Labute approximate surface area is 118 Å². The van der Waals surface area contributed by atoms with Gasteiger partial charge in [0.2, 0.25) is 0 Å². The molecule has 2 amide bonds. The largest absolute Gasteiger partial charge is 0.388 e. The molecule has 0 radical (unpaired) electrons. The van der Waals surface area contributed by atoms with Gasteiger partial charge in [0.25, 0.3) is 0 Å². The normalized spacial score (nSPS) is 19.1. The zero-order valence-electron chi connectivity index (χ0n) is 11.3. The molecule has 5 heteroatoms. The number of carbonyl (C=O) groups is 1. The molecule has 0 aliphatic heterocycles. The van der Waals surface area contributed by atoms with E-state index in [-0.39, 0.29) is 12.1 Å². The van der Waals surface area contributed by atoms with Gasteiger partial charge in [-0.25, -0.2) is 4.79 Å². The first-order valence-electron chi connectivity index (χ1n) is 6.93. The van der Waals surface area contributed by atoms with Gasteiger partial charge in [0.1, 0.15) is 0 Å². The molecule has 0 bridgehead atoms. The van der Waals surface area contributed by atoms with Crippen molar-refractivity contribution in [3.8, 4) is 0 Å². The predicted octanol–water partition coefficient (Wildman–Crippen LogP) is 2.80. The summed E-state index contributed by atoms with van der Waals surface area (Å²) in [6.07, 6.45) is 4.53. The highest BCUT2D eigenvalue weighted by Gasteiger charge is 2.31. The van der Waals surface area contributed by atoms with Crippen molar-refractivity contribution in [3.63, 3.8) is 0 Å². The van der Waals surface area contributed by atoms with Crippen LogP contribution in [0.4, 0.5) is 4.79 Å². The minimum absolute atomic E-state index is 0.0539. The Balaban J connectivity index is 1.80. The highest BCUT2D eigenvalue weighted by atomic mass is 32.1. The van der Waals surface area contributed by atoms with Crippen LogP contribution in [0.2, 0.25) is 0 Å². The zero-order chi connectivity index (χ0) is 13.7. The van der Waals surface area contributed by atoms with Gasteiger partial charge in [0.05, 0.1) is 11.6 Å². The summed E-state index contributed by atoms with van der Waals surface area (Å²) < 4.78 is 0. The van der Waals surface area contributed by atoms with Crippen LogP contribution < -0.4 is 10.6 Å². The van der Waals surface area contributed by atoms with E-state index in [0.717, 1.165) is 37.0 Å². The summed E-state index contributed by atoms with van der Waals surface area (Å²) in [4.78, 5) is 13.0. The molecule has 106 valence electrons. The number of urea groups is 1. The van der Waals surface area contributed by atoms with Crippen LogP contribution in [0.5, 0.6) is 0 Å². The quantitative estimate of drug-likeness (QED) is 0.777. The molecule has 1 aromatic rings. The van der Waals surface area contributed by atoms with Crippen LogP contribution in [0, 0.1) is 0 Å². The summed E-state index contributed by atoms with van der Waals surface area (Å²) >= 11 is 1.65. The molecule has 0 aromatic carbocycles. The lowest BCUT2D eigenvalue weighted by atomic mass is 10.0. The molecular formula is C14H22N2O2S. The lowest BCUT2D eigenvalue weighted by Gasteiger charge is -2.23. The first-order valence-corrected chi connectivity index (χ1v) is 7.81. The van der Waals surface area contributed by atoms with E-state index in [4.69, 9.17) is 0 Å². The number of carbonyl (C=O) groups excluding carboxylic acids is 1.